The lowest BCUT2D eigenvalue weighted by molar-refractivity contribution is 0.475. The molecule has 0 bridgehead atoms. The number of nitrogens with one attached hydrogen (secondary N) is 2. The summed E-state index contributed by atoms with van der Waals surface area (Å²) in [5, 5.41) is 16.4. The monoisotopic (exact) mass is 281 g/mol. The zero-order chi connectivity index (χ0) is 14.7. The molecule has 2 aromatic rings. The van der Waals surface area contributed by atoms with E-state index in [2.05, 4.69) is 46.8 Å². The fourth-order valence-corrected chi connectivity index (χ4v) is 2.44. The number of rotatable bonds is 4. The number of amidine groups is 1. The molecule has 3 N–H and O–H groups in total. The van der Waals surface area contributed by atoms with Crippen molar-refractivity contribution in [2.45, 2.75) is 13.0 Å². The molecule has 0 spiro atoms. The minimum Gasteiger partial charge on any atom is -0.508 e. The van der Waals surface area contributed by atoms with Crippen LogP contribution in [0.4, 0.5) is 5.69 Å². The van der Waals surface area contributed by atoms with Crippen LogP contribution >= 0.6 is 0 Å². The topological polar surface area (TPSA) is 56.6 Å². The van der Waals surface area contributed by atoms with E-state index >= 15 is 0 Å². The Kier molecular flexibility index (Phi) is 3.77. The first-order valence-corrected chi connectivity index (χ1v) is 7.13. The molecule has 0 radical (unpaired) electrons. The highest BCUT2D eigenvalue weighted by atomic mass is 16.3. The Labute approximate surface area is 124 Å². The van der Waals surface area contributed by atoms with E-state index in [-0.39, 0.29) is 11.8 Å². The minimum absolute atomic E-state index is 0.0325. The largest absolute Gasteiger partial charge is 0.508 e. The predicted octanol–water partition coefficient (Wildman–Crippen LogP) is 2.86. The highest BCUT2D eigenvalue weighted by Crippen LogP contribution is 2.24. The number of aryl methyl sites for hydroxylation is 1. The molecule has 21 heavy (non-hydrogen) atoms. The number of aliphatic imine (C=N–C) groups is 1. The number of phenols is 1. The Balaban J connectivity index is 1.91. The zero-order valence-electron chi connectivity index (χ0n) is 12.0. The lowest BCUT2D eigenvalue weighted by Gasteiger charge is -2.21. The molecule has 1 aliphatic rings. The highest BCUT2D eigenvalue weighted by molar-refractivity contribution is 5.92. The van der Waals surface area contributed by atoms with E-state index in [1.54, 1.807) is 12.1 Å². The zero-order valence-corrected chi connectivity index (χ0v) is 12.0. The van der Waals surface area contributed by atoms with Crippen LogP contribution in [-0.2, 0) is 0 Å². The SMILES string of the molecule is Cc1ccc(C(Nc2cccc(O)c2)C2=NCCN2)cc1. The molecule has 0 saturated carbocycles. The third-order valence-corrected chi connectivity index (χ3v) is 3.54. The molecular formula is C17H19N3O. The minimum atomic E-state index is -0.0325. The van der Waals surface area contributed by atoms with E-state index in [4.69, 9.17) is 0 Å². The van der Waals surface area contributed by atoms with Crippen molar-refractivity contribution < 1.29 is 5.11 Å². The van der Waals surface area contributed by atoms with Crippen LogP contribution in [0.3, 0.4) is 0 Å². The molecule has 108 valence electrons. The van der Waals surface area contributed by atoms with Crippen LogP contribution in [0.25, 0.3) is 0 Å². The van der Waals surface area contributed by atoms with Gasteiger partial charge in [0.2, 0.25) is 0 Å². The average Bonchev–Trinajstić information content (AvgIpc) is 3.00. The van der Waals surface area contributed by atoms with Crippen LogP contribution in [0, 0.1) is 6.92 Å². The van der Waals surface area contributed by atoms with Gasteiger partial charge in [-0.3, -0.25) is 4.99 Å². The van der Waals surface area contributed by atoms with E-state index < -0.39 is 0 Å². The maximum Gasteiger partial charge on any atom is 0.124 e. The van der Waals surface area contributed by atoms with Gasteiger partial charge in [-0.15, -0.1) is 0 Å². The number of benzene rings is 2. The summed E-state index contributed by atoms with van der Waals surface area (Å²) in [6.45, 7) is 3.76. The second kappa shape index (κ2) is 5.87. The first-order chi connectivity index (χ1) is 10.2. The normalized spacial score (nSPS) is 15.2. The van der Waals surface area contributed by atoms with Crippen molar-refractivity contribution >= 4 is 11.5 Å². The van der Waals surface area contributed by atoms with Gasteiger partial charge in [0.25, 0.3) is 0 Å². The third-order valence-electron chi connectivity index (χ3n) is 3.54. The van der Waals surface area contributed by atoms with Crippen molar-refractivity contribution in [3.05, 3.63) is 59.7 Å². The average molecular weight is 281 g/mol. The lowest BCUT2D eigenvalue weighted by atomic mass is 10.0. The standard InChI is InChI=1S/C17H19N3O/c1-12-5-7-13(8-6-12)16(17-18-9-10-19-17)20-14-3-2-4-15(21)11-14/h2-8,11,16,20-21H,9-10H2,1H3,(H,18,19). The molecule has 2 aromatic carbocycles. The maximum absolute atomic E-state index is 9.61. The number of nitrogens with zero attached hydrogens (tertiary/aromatic N) is 1. The summed E-state index contributed by atoms with van der Waals surface area (Å²) < 4.78 is 0. The van der Waals surface area contributed by atoms with Crippen molar-refractivity contribution in [1.29, 1.82) is 0 Å². The predicted molar refractivity (Wildman–Crippen MR) is 86.0 cm³/mol. The van der Waals surface area contributed by atoms with Crippen molar-refractivity contribution in [2.24, 2.45) is 4.99 Å². The lowest BCUT2D eigenvalue weighted by Crippen LogP contribution is -2.30. The van der Waals surface area contributed by atoms with Gasteiger partial charge < -0.3 is 15.7 Å². The van der Waals surface area contributed by atoms with Gasteiger partial charge >= 0.3 is 0 Å². The van der Waals surface area contributed by atoms with E-state index in [9.17, 15) is 5.11 Å². The van der Waals surface area contributed by atoms with Gasteiger partial charge in [-0.2, -0.15) is 0 Å². The number of hydrogen-bond donors (Lipinski definition) is 3. The molecule has 4 nitrogen and oxygen atoms in total. The first-order valence-electron chi connectivity index (χ1n) is 7.13. The summed E-state index contributed by atoms with van der Waals surface area (Å²) in [6, 6.07) is 15.5. The van der Waals surface area contributed by atoms with Crippen LogP contribution < -0.4 is 10.6 Å². The number of hydrogen-bond acceptors (Lipinski definition) is 4. The van der Waals surface area contributed by atoms with E-state index in [0.29, 0.717) is 0 Å². The molecule has 0 aromatic heterocycles. The molecule has 0 aliphatic carbocycles. The summed E-state index contributed by atoms with van der Waals surface area (Å²) >= 11 is 0. The number of phenolic OH excluding ortho intramolecular Hbond substituents is 1. The Morgan fingerprint density at radius 1 is 1.19 bits per heavy atom. The smallest absolute Gasteiger partial charge is 0.124 e. The molecule has 1 aliphatic heterocycles. The van der Waals surface area contributed by atoms with Gasteiger partial charge in [0.1, 0.15) is 17.6 Å². The Morgan fingerprint density at radius 2 is 2.00 bits per heavy atom. The summed E-state index contributed by atoms with van der Waals surface area (Å²) in [5.41, 5.74) is 3.25. The van der Waals surface area contributed by atoms with E-state index in [1.807, 2.05) is 12.1 Å². The molecule has 1 heterocycles. The highest BCUT2D eigenvalue weighted by Gasteiger charge is 2.20. The van der Waals surface area contributed by atoms with Crippen LogP contribution in [0.5, 0.6) is 5.75 Å². The molecule has 3 rings (SSSR count). The number of anilines is 1. The fourth-order valence-electron chi connectivity index (χ4n) is 2.44. The Hall–Kier alpha value is -2.49. The number of aromatic hydroxyl groups is 1. The quantitative estimate of drug-likeness (QED) is 0.807. The van der Waals surface area contributed by atoms with Crippen LogP contribution in [-0.4, -0.2) is 24.0 Å². The van der Waals surface area contributed by atoms with Gasteiger partial charge in [-0.1, -0.05) is 35.9 Å². The molecule has 0 saturated heterocycles. The van der Waals surface area contributed by atoms with Gasteiger partial charge in [0, 0.05) is 18.3 Å². The van der Waals surface area contributed by atoms with E-state index in [1.165, 1.54) is 5.56 Å². The molecule has 1 unspecified atom stereocenters. The van der Waals surface area contributed by atoms with Crippen molar-refractivity contribution in [2.75, 3.05) is 18.4 Å². The molecule has 0 fully saturated rings. The third kappa shape index (κ3) is 3.16. The summed E-state index contributed by atoms with van der Waals surface area (Å²) in [6.07, 6.45) is 0. The second-order valence-corrected chi connectivity index (χ2v) is 5.23. The first kappa shape index (κ1) is 13.5. The van der Waals surface area contributed by atoms with Crippen molar-refractivity contribution in [3.8, 4) is 5.75 Å². The van der Waals surface area contributed by atoms with Crippen LogP contribution in [0.15, 0.2) is 53.5 Å². The van der Waals surface area contributed by atoms with Crippen molar-refractivity contribution in [3.63, 3.8) is 0 Å². The van der Waals surface area contributed by atoms with Crippen LogP contribution in [0.1, 0.15) is 17.2 Å². The van der Waals surface area contributed by atoms with Gasteiger partial charge in [0.15, 0.2) is 0 Å². The molecule has 1 atom stereocenters. The summed E-state index contributed by atoms with van der Waals surface area (Å²) in [7, 11) is 0. The van der Waals surface area contributed by atoms with Gasteiger partial charge in [-0.05, 0) is 24.6 Å². The fraction of sp³-hybridized carbons (Fsp3) is 0.235. The molecule has 4 heteroatoms. The molecular weight excluding hydrogens is 262 g/mol. The summed E-state index contributed by atoms with van der Waals surface area (Å²) in [5.74, 6) is 1.20. The van der Waals surface area contributed by atoms with Gasteiger partial charge in [0.05, 0.1) is 6.54 Å². The van der Waals surface area contributed by atoms with Crippen molar-refractivity contribution in [1.82, 2.24) is 5.32 Å². The summed E-state index contributed by atoms with van der Waals surface area (Å²) in [4.78, 5) is 4.53. The maximum atomic E-state index is 9.61. The Bertz CT molecular complexity index is 649. The molecule has 0 amide bonds. The van der Waals surface area contributed by atoms with Gasteiger partial charge in [-0.25, -0.2) is 0 Å². The Morgan fingerprint density at radius 3 is 2.67 bits per heavy atom. The van der Waals surface area contributed by atoms with Crippen LogP contribution in [0.2, 0.25) is 0 Å². The van der Waals surface area contributed by atoms with E-state index in [0.717, 1.165) is 30.2 Å². The second-order valence-electron chi connectivity index (χ2n) is 5.23.